The highest BCUT2D eigenvalue weighted by atomic mass is 32.2. The smallest absolute Gasteiger partial charge is 0.340 e. The maximum Gasteiger partial charge on any atom is 0.340 e. The molecule has 112 valence electrons. The van der Waals surface area contributed by atoms with Crippen molar-refractivity contribution in [2.75, 3.05) is 0 Å². The lowest BCUT2D eigenvalue weighted by molar-refractivity contribution is 0.468. The monoisotopic (exact) mass is 329 g/mol. The minimum atomic E-state index is -4.70. The molecular weight excluding hydrogens is 318 g/mol. The Hall–Kier alpha value is -1.97. The summed E-state index contributed by atoms with van der Waals surface area (Å²) in [6.45, 7) is 1.56. The topological polar surface area (TPSA) is 111 Å². The van der Waals surface area contributed by atoms with Gasteiger partial charge in [0.05, 0.1) is 0 Å². The molecule has 9 heteroatoms. The summed E-state index contributed by atoms with van der Waals surface area (Å²) in [5.74, 6) is -0.0214. The summed E-state index contributed by atoms with van der Waals surface area (Å²) >= 11 is 0. The summed E-state index contributed by atoms with van der Waals surface area (Å²) in [5, 5.41) is 0. The molecule has 7 nitrogen and oxygen atoms in total. The van der Waals surface area contributed by atoms with Crippen molar-refractivity contribution in [2.24, 2.45) is 0 Å². The highest BCUT2D eigenvalue weighted by Crippen LogP contribution is 2.25. The maximum atomic E-state index is 12.2. The van der Waals surface area contributed by atoms with E-state index in [9.17, 15) is 16.8 Å². The zero-order valence-corrected chi connectivity index (χ0v) is 12.4. The Bertz CT molecular complexity index is 860. The van der Waals surface area contributed by atoms with Gasteiger partial charge < -0.3 is 4.18 Å². The Balaban J connectivity index is 2.56. The maximum absolute atomic E-state index is 12.2. The van der Waals surface area contributed by atoms with Crippen LogP contribution < -0.4 is 4.18 Å². The normalized spacial score (nSPS) is 12.1. The molecule has 0 saturated carbocycles. The largest absolute Gasteiger partial charge is 0.379 e. The van der Waals surface area contributed by atoms with E-state index in [1.165, 1.54) is 30.6 Å². The van der Waals surface area contributed by atoms with Crippen molar-refractivity contribution in [3.63, 3.8) is 0 Å². The number of aryl methyl sites for hydroxylation is 1. The second-order valence-corrected chi connectivity index (χ2v) is 7.05. The van der Waals surface area contributed by atoms with Crippen molar-refractivity contribution in [3.8, 4) is 5.75 Å². The SMILES string of the molecule is Cc1ccc(S(=O)(=O)Oc2ccncc2)c(S(=O)(=O)O)c1. The highest BCUT2D eigenvalue weighted by molar-refractivity contribution is 7.89. The van der Waals surface area contributed by atoms with Gasteiger partial charge >= 0.3 is 10.1 Å². The number of nitrogens with zero attached hydrogens (tertiary/aromatic N) is 1. The first-order valence-electron chi connectivity index (χ1n) is 5.63. The predicted molar refractivity (Wildman–Crippen MR) is 73.0 cm³/mol. The molecule has 0 fully saturated rings. The molecule has 0 aliphatic carbocycles. The quantitative estimate of drug-likeness (QED) is 0.666. The minimum Gasteiger partial charge on any atom is -0.379 e. The summed E-state index contributed by atoms with van der Waals surface area (Å²) in [6, 6.07) is 6.13. The second kappa shape index (κ2) is 5.43. The molecule has 21 heavy (non-hydrogen) atoms. The molecule has 2 rings (SSSR count). The van der Waals surface area contributed by atoms with E-state index >= 15 is 0 Å². The zero-order chi connectivity index (χ0) is 15.7. The summed E-state index contributed by atoms with van der Waals surface area (Å²) in [4.78, 5) is 2.35. The second-order valence-electron chi connectivity index (χ2n) is 4.15. The van der Waals surface area contributed by atoms with Gasteiger partial charge in [0.25, 0.3) is 10.1 Å². The average Bonchev–Trinajstić information content (AvgIpc) is 2.38. The van der Waals surface area contributed by atoms with Crippen LogP contribution in [0, 0.1) is 6.92 Å². The Labute approximate surface area is 122 Å². The summed E-state index contributed by atoms with van der Waals surface area (Å²) in [6.07, 6.45) is 2.65. The first-order chi connectivity index (χ1) is 9.70. The van der Waals surface area contributed by atoms with Crippen molar-refractivity contribution in [3.05, 3.63) is 48.3 Å². The molecular formula is C12H11NO6S2. The zero-order valence-electron chi connectivity index (χ0n) is 10.8. The van der Waals surface area contributed by atoms with Crippen molar-refractivity contribution < 1.29 is 25.6 Å². The lowest BCUT2D eigenvalue weighted by Gasteiger charge is -2.10. The van der Waals surface area contributed by atoms with Gasteiger partial charge in [0.2, 0.25) is 0 Å². The van der Waals surface area contributed by atoms with Gasteiger partial charge in [-0.2, -0.15) is 16.8 Å². The Morgan fingerprint density at radius 1 is 1.00 bits per heavy atom. The molecule has 0 amide bonds. The lowest BCUT2D eigenvalue weighted by atomic mass is 10.2. The summed E-state index contributed by atoms with van der Waals surface area (Å²) in [7, 11) is -9.11. The lowest BCUT2D eigenvalue weighted by Crippen LogP contribution is -2.14. The molecule has 0 saturated heterocycles. The van der Waals surface area contributed by atoms with E-state index in [0.717, 1.165) is 12.1 Å². The van der Waals surface area contributed by atoms with E-state index in [1.807, 2.05) is 0 Å². The molecule has 0 atom stereocenters. The number of pyridine rings is 1. The fourth-order valence-electron chi connectivity index (χ4n) is 1.59. The van der Waals surface area contributed by atoms with E-state index in [2.05, 4.69) is 4.98 Å². The van der Waals surface area contributed by atoms with E-state index < -0.39 is 30.0 Å². The first kappa shape index (κ1) is 15.4. The van der Waals surface area contributed by atoms with Crippen LogP contribution in [0.3, 0.4) is 0 Å². The van der Waals surface area contributed by atoms with E-state index in [1.54, 1.807) is 6.92 Å². The van der Waals surface area contributed by atoms with Crippen LogP contribution in [0.15, 0.2) is 52.5 Å². The van der Waals surface area contributed by atoms with Crippen LogP contribution in [0.5, 0.6) is 5.75 Å². The van der Waals surface area contributed by atoms with Gasteiger partial charge in [-0.15, -0.1) is 0 Å². The van der Waals surface area contributed by atoms with Gasteiger partial charge in [0.15, 0.2) is 0 Å². The third-order valence-electron chi connectivity index (χ3n) is 2.50. The third-order valence-corrected chi connectivity index (χ3v) is 4.83. The van der Waals surface area contributed by atoms with Crippen LogP contribution in [0.25, 0.3) is 0 Å². The molecule has 1 aromatic carbocycles. The molecule has 1 heterocycles. The van der Waals surface area contributed by atoms with Crippen molar-refractivity contribution in [1.82, 2.24) is 4.98 Å². The Morgan fingerprint density at radius 2 is 1.62 bits per heavy atom. The Kier molecular flexibility index (Phi) is 3.99. The van der Waals surface area contributed by atoms with Crippen LogP contribution in [0.2, 0.25) is 0 Å². The van der Waals surface area contributed by atoms with Gasteiger partial charge in [-0.3, -0.25) is 9.54 Å². The fourth-order valence-corrected chi connectivity index (χ4v) is 3.86. The molecule has 0 radical (unpaired) electrons. The van der Waals surface area contributed by atoms with Crippen LogP contribution in [-0.4, -0.2) is 26.4 Å². The van der Waals surface area contributed by atoms with Crippen molar-refractivity contribution >= 4 is 20.2 Å². The molecule has 0 bridgehead atoms. The molecule has 0 aliphatic heterocycles. The summed E-state index contributed by atoms with van der Waals surface area (Å²) < 4.78 is 61.0. The van der Waals surface area contributed by atoms with E-state index in [-0.39, 0.29) is 5.75 Å². The first-order valence-corrected chi connectivity index (χ1v) is 8.48. The van der Waals surface area contributed by atoms with Crippen LogP contribution >= 0.6 is 0 Å². The molecule has 2 aromatic rings. The molecule has 1 N–H and O–H groups in total. The fraction of sp³-hybridized carbons (Fsp3) is 0.0833. The third kappa shape index (κ3) is 3.57. The standard InChI is InChI=1S/C12H11NO6S2/c1-9-2-3-11(12(8-9)20(14,15)16)21(17,18)19-10-4-6-13-7-5-10/h2-8H,1H3,(H,14,15,16). The van der Waals surface area contributed by atoms with E-state index in [0.29, 0.717) is 5.56 Å². The van der Waals surface area contributed by atoms with Gasteiger partial charge in [-0.25, -0.2) is 0 Å². The van der Waals surface area contributed by atoms with Crippen LogP contribution in [-0.2, 0) is 20.2 Å². The molecule has 0 spiro atoms. The summed E-state index contributed by atoms with van der Waals surface area (Å²) in [5.41, 5.74) is 0.477. The Morgan fingerprint density at radius 3 is 2.19 bits per heavy atom. The van der Waals surface area contributed by atoms with Crippen LogP contribution in [0.1, 0.15) is 5.56 Å². The molecule has 1 aromatic heterocycles. The molecule has 0 aliphatic rings. The number of rotatable bonds is 4. The van der Waals surface area contributed by atoms with Crippen LogP contribution in [0.4, 0.5) is 0 Å². The number of hydrogen-bond donors (Lipinski definition) is 1. The number of benzene rings is 1. The highest BCUT2D eigenvalue weighted by Gasteiger charge is 2.27. The van der Waals surface area contributed by atoms with E-state index in [4.69, 9.17) is 8.74 Å². The van der Waals surface area contributed by atoms with Gasteiger partial charge in [0, 0.05) is 24.5 Å². The minimum absolute atomic E-state index is 0.0214. The van der Waals surface area contributed by atoms with Crippen molar-refractivity contribution in [1.29, 1.82) is 0 Å². The number of aromatic nitrogens is 1. The van der Waals surface area contributed by atoms with Gasteiger partial charge in [-0.05, 0) is 24.6 Å². The van der Waals surface area contributed by atoms with Gasteiger partial charge in [-0.1, -0.05) is 6.07 Å². The van der Waals surface area contributed by atoms with Crippen molar-refractivity contribution in [2.45, 2.75) is 16.7 Å². The molecule has 0 unspecified atom stereocenters. The average molecular weight is 329 g/mol. The predicted octanol–water partition coefficient (Wildman–Crippen LogP) is 1.40. The van der Waals surface area contributed by atoms with Gasteiger partial charge in [0.1, 0.15) is 15.5 Å². The number of hydrogen-bond acceptors (Lipinski definition) is 6.